The van der Waals surface area contributed by atoms with E-state index in [2.05, 4.69) is 9.71 Å². The highest BCUT2D eigenvalue weighted by atomic mass is 35.5. The third-order valence-corrected chi connectivity index (χ3v) is 3.99. The molecule has 2 rings (SSSR count). The van der Waals surface area contributed by atoms with Gasteiger partial charge in [-0.05, 0) is 18.6 Å². The molecule has 0 saturated carbocycles. The number of sulfonamides is 1. The van der Waals surface area contributed by atoms with Crippen molar-refractivity contribution in [3.63, 3.8) is 0 Å². The molecule has 106 valence electrons. The number of pyridine rings is 1. The number of halogens is 2. The van der Waals surface area contributed by atoms with Gasteiger partial charge < -0.3 is 0 Å². The van der Waals surface area contributed by atoms with Crippen molar-refractivity contribution in [2.75, 3.05) is 6.54 Å². The highest BCUT2D eigenvalue weighted by Gasteiger charge is 2.15. The summed E-state index contributed by atoms with van der Waals surface area (Å²) in [7, 11) is -3.43. The topological polar surface area (TPSA) is 59.1 Å². The molecule has 1 aromatic carbocycles. The molecule has 0 unspecified atom stereocenters. The van der Waals surface area contributed by atoms with Crippen LogP contribution in [0.4, 0.5) is 0 Å². The van der Waals surface area contributed by atoms with Gasteiger partial charge in [-0.3, -0.25) is 4.98 Å². The summed E-state index contributed by atoms with van der Waals surface area (Å²) in [6, 6.07) is 6.90. The molecular formula is C12H16Cl2N2O2S. The lowest BCUT2D eigenvalue weighted by atomic mass is 10.2. The van der Waals surface area contributed by atoms with Crippen LogP contribution in [0, 0.1) is 0 Å². The van der Waals surface area contributed by atoms with Gasteiger partial charge in [-0.25, -0.2) is 13.1 Å². The predicted octanol–water partition coefficient (Wildman–Crippen LogP) is 2.77. The van der Waals surface area contributed by atoms with E-state index in [0.717, 1.165) is 11.8 Å². The van der Waals surface area contributed by atoms with Crippen LogP contribution in [0.1, 0.15) is 13.3 Å². The molecule has 0 aliphatic carbocycles. The van der Waals surface area contributed by atoms with Crippen molar-refractivity contribution >= 4 is 45.6 Å². The first kappa shape index (κ1) is 18.1. The first-order valence-electron chi connectivity index (χ1n) is 5.47. The average molecular weight is 323 g/mol. The molecule has 0 amide bonds. The predicted molar refractivity (Wildman–Crippen MR) is 81.7 cm³/mol. The molecule has 0 fully saturated rings. The summed E-state index contributed by atoms with van der Waals surface area (Å²) >= 11 is 0. The van der Waals surface area contributed by atoms with E-state index in [9.17, 15) is 8.42 Å². The molecule has 0 spiro atoms. The minimum atomic E-state index is -3.43. The minimum Gasteiger partial charge on any atom is -0.264 e. The van der Waals surface area contributed by atoms with Crippen molar-refractivity contribution in [1.82, 2.24) is 9.71 Å². The van der Waals surface area contributed by atoms with Gasteiger partial charge in [-0.15, -0.1) is 24.8 Å². The van der Waals surface area contributed by atoms with E-state index in [1.807, 2.05) is 13.0 Å². The Hall–Kier alpha value is -0.880. The Bertz CT molecular complexity index is 627. The Morgan fingerprint density at radius 2 is 1.95 bits per heavy atom. The number of rotatable bonds is 4. The van der Waals surface area contributed by atoms with Crippen LogP contribution >= 0.6 is 24.8 Å². The summed E-state index contributed by atoms with van der Waals surface area (Å²) in [6.07, 6.45) is 4.03. The quantitative estimate of drug-likeness (QED) is 0.941. The van der Waals surface area contributed by atoms with Crippen LogP contribution in [0.3, 0.4) is 0 Å². The molecule has 1 N–H and O–H groups in total. The van der Waals surface area contributed by atoms with Crippen LogP contribution in [-0.2, 0) is 10.0 Å². The largest absolute Gasteiger partial charge is 0.264 e. The molecule has 7 heteroatoms. The molecule has 0 aliphatic rings. The number of fused-ring (bicyclic) bond motifs is 1. The molecule has 0 bridgehead atoms. The number of nitrogens with one attached hydrogen (secondary N) is 1. The summed E-state index contributed by atoms with van der Waals surface area (Å²) in [4.78, 5) is 4.29. The summed E-state index contributed by atoms with van der Waals surface area (Å²) in [5, 5.41) is 1.53. The highest BCUT2D eigenvalue weighted by molar-refractivity contribution is 7.89. The van der Waals surface area contributed by atoms with Crippen molar-refractivity contribution in [1.29, 1.82) is 0 Å². The second kappa shape index (κ2) is 7.65. The van der Waals surface area contributed by atoms with E-state index >= 15 is 0 Å². The van der Waals surface area contributed by atoms with Gasteiger partial charge in [0.05, 0.1) is 4.90 Å². The van der Waals surface area contributed by atoms with Crippen LogP contribution < -0.4 is 4.72 Å². The molecule has 0 aliphatic heterocycles. The maximum absolute atomic E-state index is 12.1. The van der Waals surface area contributed by atoms with Crippen LogP contribution in [0.15, 0.2) is 41.6 Å². The first-order valence-corrected chi connectivity index (χ1v) is 6.96. The Morgan fingerprint density at radius 3 is 2.63 bits per heavy atom. The first-order chi connectivity index (χ1) is 8.15. The Morgan fingerprint density at radius 1 is 1.21 bits per heavy atom. The molecular weight excluding hydrogens is 307 g/mol. The van der Waals surface area contributed by atoms with E-state index in [1.165, 1.54) is 0 Å². The van der Waals surface area contributed by atoms with E-state index < -0.39 is 10.0 Å². The van der Waals surface area contributed by atoms with Gasteiger partial charge in [0.25, 0.3) is 0 Å². The van der Waals surface area contributed by atoms with E-state index in [1.54, 1.807) is 30.6 Å². The lowest BCUT2D eigenvalue weighted by molar-refractivity contribution is 0.581. The van der Waals surface area contributed by atoms with Crippen molar-refractivity contribution in [2.24, 2.45) is 0 Å². The normalized spacial score (nSPS) is 10.6. The maximum Gasteiger partial charge on any atom is 0.241 e. The zero-order valence-electron chi connectivity index (χ0n) is 10.4. The smallest absolute Gasteiger partial charge is 0.241 e. The molecule has 2 aromatic rings. The van der Waals surface area contributed by atoms with Crippen LogP contribution in [0.25, 0.3) is 10.8 Å². The fourth-order valence-electron chi connectivity index (χ4n) is 1.64. The zero-order chi connectivity index (χ0) is 12.3. The number of benzene rings is 1. The van der Waals surface area contributed by atoms with E-state index in [0.29, 0.717) is 16.8 Å². The highest BCUT2D eigenvalue weighted by Crippen LogP contribution is 2.21. The van der Waals surface area contributed by atoms with Gasteiger partial charge in [0.1, 0.15) is 0 Å². The maximum atomic E-state index is 12.1. The van der Waals surface area contributed by atoms with Crippen LogP contribution in [-0.4, -0.2) is 19.9 Å². The van der Waals surface area contributed by atoms with Crippen molar-refractivity contribution in [3.8, 4) is 0 Å². The van der Waals surface area contributed by atoms with Crippen molar-refractivity contribution < 1.29 is 8.42 Å². The summed E-state index contributed by atoms with van der Waals surface area (Å²) in [6.45, 7) is 2.37. The average Bonchev–Trinajstić information content (AvgIpc) is 2.36. The van der Waals surface area contributed by atoms with Gasteiger partial charge in [0, 0.05) is 29.7 Å². The SMILES string of the molecule is CCCNS(=O)(=O)c1cccc2cnccc12.Cl.Cl. The molecule has 19 heavy (non-hydrogen) atoms. The van der Waals surface area contributed by atoms with Crippen molar-refractivity contribution in [2.45, 2.75) is 18.2 Å². The third kappa shape index (κ3) is 4.04. The Labute approximate surface area is 125 Å². The monoisotopic (exact) mass is 322 g/mol. The fourth-order valence-corrected chi connectivity index (χ4v) is 3.00. The number of hydrogen-bond donors (Lipinski definition) is 1. The van der Waals surface area contributed by atoms with Crippen molar-refractivity contribution in [3.05, 3.63) is 36.7 Å². The molecule has 0 radical (unpaired) electrons. The summed E-state index contributed by atoms with van der Waals surface area (Å²) in [5.41, 5.74) is 0. The van der Waals surface area contributed by atoms with Gasteiger partial charge in [0.15, 0.2) is 0 Å². The summed E-state index contributed by atoms with van der Waals surface area (Å²) in [5.74, 6) is 0. The standard InChI is InChI=1S/C12H14N2O2S.2ClH/c1-2-7-14-17(15,16)12-5-3-4-10-9-13-8-6-11(10)12;;/h3-6,8-9,14H,2,7H2,1H3;2*1H. The molecule has 1 heterocycles. The second-order valence-electron chi connectivity index (χ2n) is 3.75. The zero-order valence-corrected chi connectivity index (χ0v) is 12.8. The molecule has 1 aromatic heterocycles. The van der Waals surface area contributed by atoms with Gasteiger partial charge in [0.2, 0.25) is 10.0 Å². The van der Waals surface area contributed by atoms with Gasteiger partial charge in [-0.1, -0.05) is 19.1 Å². The summed E-state index contributed by atoms with van der Waals surface area (Å²) < 4.78 is 26.7. The number of aromatic nitrogens is 1. The van der Waals surface area contributed by atoms with Gasteiger partial charge >= 0.3 is 0 Å². The number of nitrogens with zero attached hydrogens (tertiary/aromatic N) is 1. The molecule has 0 saturated heterocycles. The number of hydrogen-bond acceptors (Lipinski definition) is 3. The second-order valence-corrected chi connectivity index (χ2v) is 5.49. The molecule has 0 atom stereocenters. The Kier molecular flexibility index (Phi) is 7.29. The molecule has 4 nitrogen and oxygen atoms in total. The van der Waals surface area contributed by atoms with Crippen LogP contribution in [0.5, 0.6) is 0 Å². The van der Waals surface area contributed by atoms with Gasteiger partial charge in [-0.2, -0.15) is 0 Å². The Balaban J connectivity index is 0.00000162. The third-order valence-electron chi connectivity index (χ3n) is 2.47. The lowest BCUT2D eigenvalue weighted by Crippen LogP contribution is -2.24. The lowest BCUT2D eigenvalue weighted by Gasteiger charge is -2.08. The fraction of sp³-hybridized carbons (Fsp3) is 0.250. The minimum absolute atomic E-state index is 0. The van der Waals surface area contributed by atoms with E-state index in [-0.39, 0.29) is 24.8 Å². The van der Waals surface area contributed by atoms with Crippen LogP contribution in [0.2, 0.25) is 0 Å². The van der Waals surface area contributed by atoms with E-state index in [4.69, 9.17) is 0 Å².